The molecule has 0 aliphatic rings. The Hall–Kier alpha value is -2.04. The SMILES string of the molecule is CN(C(=O)OC(C)(C)C)c1ccc(C(=O)OC(C)(C)C)cc1. The monoisotopic (exact) mass is 307 g/mol. The number of ether oxygens (including phenoxy) is 2. The van der Waals surface area contributed by atoms with Gasteiger partial charge in [0.25, 0.3) is 0 Å². The van der Waals surface area contributed by atoms with Crippen LogP contribution in [0.5, 0.6) is 0 Å². The van der Waals surface area contributed by atoms with Crippen LogP contribution in [0.4, 0.5) is 10.5 Å². The molecule has 22 heavy (non-hydrogen) atoms. The summed E-state index contributed by atoms with van der Waals surface area (Å²) < 4.78 is 10.6. The van der Waals surface area contributed by atoms with Gasteiger partial charge in [-0.15, -0.1) is 0 Å². The van der Waals surface area contributed by atoms with Gasteiger partial charge in [0, 0.05) is 12.7 Å². The quantitative estimate of drug-likeness (QED) is 0.775. The first kappa shape index (κ1) is 18.0. The molecule has 1 aromatic carbocycles. The van der Waals surface area contributed by atoms with Gasteiger partial charge in [-0.2, -0.15) is 0 Å². The van der Waals surface area contributed by atoms with Crippen molar-refractivity contribution in [3.63, 3.8) is 0 Å². The van der Waals surface area contributed by atoms with E-state index in [1.54, 1.807) is 31.3 Å². The number of hydrogen-bond acceptors (Lipinski definition) is 4. The lowest BCUT2D eigenvalue weighted by molar-refractivity contribution is 0.00694. The van der Waals surface area contributed by atoms with Crippen LogP contribution in [0.15, 0.2) is 24.3 Å². The number of nitrogens with zero attached hydrogens (tertiary/aromatic N) is 1. The maximum absolute atomic E-state index is 12.0. The molecule has 5 heteroatoms. The van der Waals surface area contributed by atoms with Crippen LogP contribution in [0.2, 0.25) is 0 Å². The standard InChI is InChI=1S/C17H25NO4/c1-16(2,3)21-14(19)12-8-10-13(11-9-12)18(7)15(20)22-17(4,5)6/h8-11H,1-7H3. The minimum absolute atomic E-state index is 0.390. The van der Waals surface area contributed by atoms with Gasteiger partial charge in [0.2, 0.25) is 0 Å². The summed E-state index contributed by atoms with van der Waals surface area (Å²) in [6, 6.07) is 6.63. The van der Waals surface area contributed by atoms with Crippen LogP contribution in [0, 0.1) is 0 Å². The maximum Gasteiger partial charge on any atom is 0.414 e. The van der Waals surface area contributed by atoms with E-state index >= 15 is 0 Å². The van der Waals surface area contributed by atoms with Crippen molar-refractivity contribution in [1.82, 2.24) is 0 Å². The van der Waals surface area contributed by atoms with Gasteiger partial charge in [-0.1, -0.05) is 0 Å². The molecule has 0 aliphatic carbocycles. The Balaban J connectivity index is 2.80. The highest BCUT2D eigenvalue weighted by molar-refractivity contribution is 5.92. The molecule has 0 saturated carbocycles. The first-order valence-corrected chi connectivity index (χ1v) is 7.19. The molecular weight excluding hydrogens is 282 g/mol. The molecule has 122 valence electrons. The molecule has 0 saturated heterocycles. The highest BCUT2D eigenvalue weighted by Crippen LogP contribution is 2.19. The van der Waals surface area contributed by atoms with E-state index in [1.165, 1.54) is 4.90 Å². The number of amides is 1. The van der Waals surface area contributed by atoms with Crippen LogP contribution in [-0.4, -0.2) is 30.3 Å². The molecule has 0 aliphatic heterocycles. The summed E-state index contributed by atoms with van der Waals surface area (Å²) in [6.45, 7) is 10.9. The van der Waals surface area contributed by atoms with E-state index in [0.717, 1.165) is 0 Å². The summed E-state index contributed by atoms with van der Waals surface area (Å²) in [5.74, 6) is -0.390. The smallest absolute Gasteiger partial charge is 0.414 e. The highest BCUT2D eigenvalue weighted by atomic mass is 16.6. The normalized spacial score (nSPS) is 11.8. The fraction of sp³-hybridized carbons (Fsp3) is 0.529. The van der Waals surface area contributed by atoms with E-state index in [0.29, 0.717) is 11.3 Å². The number of carbonyl (C=O) groups excluding carboxylic acids is 2. The zero-order valence-electron chi connectivity index (χ0n) is 14.4. The summed E-state index contributed by atoms with van der Waals surface area (Å²) in [4.78, 5) is 25.3. The molecule has 0 heterocycles. The fourth-order valence-corrected chi connectivity index (χ4v) is 1.59. The van der Waals surface area contributed by atoms with Gasteiger partial charge in [0.05, 0.1) is 5.56 Å². The van der Waals surface area contributed by atoms with Gasteiger partial charge < -0.3 is 9.47 Å². The number of hydrogen-bond donors (Lipinski definition) is 0. The van der Waals surface area contributed by atoms with Crippen molar-refractivity contribution in [3.05, 3.63) is 29.8 Å². The minimum Gasteiger partial charge on any atom is -0.456 e. The lowest BCUT2D eigenvalue weighted by Gasteiger charge is -2.24. The van der Waals surface area contributed by atoms with Crippen LogP contribution in [0.1, 0.15) is 51.9 Å². The maximum atomic E-state index is 12.0. The second-order valence-corrected chi connectivity index (χ2v) is 7.09. The van der Waals surface area contributed by atoms with Crippen LogP contribution in [-0.2, 0) is 9.47 Å². The molecular formula is C17H25NO4. The Morgan fingerprint density at radius 2 is 1.32 bits per heavy atom. The topological polar surface area (TPSA) is 55.8 Å². The second kappa shape index (κ2) is 6.38. The van der Waals surface area contributed by atoms with Gasteiger partial charge in [-0.05, 0) is 65.8 Å². The van der Waals surface area contributed by atoms with Crippen molar-refractivity contribution in [2.75, 3.05) is 11.9 Å². The molecule has 0 bridgehead atoms. The van der Waals surface area contributed by atoms with Crippen LogP contribution < -0.4 is 4.90 Å². The van der Waals surface area contributed by atoms with Gasteiger partial charge in [-0.3, -0.25) is 4.90 Å². The number of rotatable bonds is 2. The fourth-order valence-electron chi connectivity index (χ4n) is 1.59. The van der Waals surface area contributed by atoms with Crippen molar-refractivity contribution in [3.8, 4) is 0 Å². The number of anilines is 1. The van der Waals surface area contributed by atoms with Gasteiger partial charge >= 0.3 is 12.1 Å². The third kappa shape index (κ3) is 5.76. The van der Waals surface area contributed by atoms with Crippen LogP contribution >= 0.6 is 0 Å². The molecule has 5 nitrogen and oxygen atoms in total. The second-order valence-electron chi connectivity index (χ2n) is 7.09. The van der Waals surface area contributed by atoms with E-state index in [9.17, 15) is 9.59 Å². The first-order valence-electron chi connectivity index (χ1n) is 7.19. The molecule has 0 unspecified atom stereocenters. The van der Waals surface area contributed by atoms with Crippen molar-refractivity contribution < 1.29 is 19.1 Å². The number of esters is 1. The summed E-state index contributed by atoms with van der Waals surface area (Å²) in [5.41, 5.74) is -0.0111. The lowest BCUT2D eigenvalue weighted by atomic mass is 10.1. The van der Waals surface area contributed by atoms with E-state index in [-0.39, 0.29) is 5.97 Å². The van der Waals surface area contributed by atoms with E-state index in [2.05, 4.69) is 0 Å². The molecule has 0 spiro atoms. The van der Waals surface area contributed by atoms with Crippen molar-refractivity contribution >= 4 is 17.7 Å². The van der Waals surface area contributed by atoms with E-state index in [4.69, 9.17) is 9.47 Å². The molecule has 0 fully saturated rings. The molecule has 1 rings (SSSR count). The summed E-state index contributed by atoms with van der Waals surface area (Å²) >= 11 is 0. The third-order valence-corrected chi connectivity index (χ3v) is 2.56. The average Bonchev–Trinajstić information content (AvgIpc) is 2.34. The van der Waals surface area contributed by atoms with Gasteiger partial charge in [0.1, 0.15) is 11.2 Å². The predicted octanol–water partition coefficient (Wildman–Crippen LogP) is 4.01. The number of benzene rings is 1. The Kier molecular flexibility index (Phi) is 5.22. The molecule has 1 amide bonds. The van der Waals surface area contributed by atoms with Crippen molar-refractivity contribution in [1.29, 1.82) is 0 Å². The number of carbonyl (C=O) groups is 2. The largest absolute Gasteiger partial charge is 0.456 e. The van der Waals surface area contributed by atoms with Crippen LogP contribution in [0.3, 0.4) is 0 Å². The molecule has 0 aromatic heterocycles. The lowest BCUT2D eigenvalue weighted by Crippen LogP contribution is -2.34. The Labute approximate surface area is 132 Å². The zero-order chi connectivity index (χ0) is 17.1. The average molecular weight is 307 g/mol. The van der Waals surface area contributed by atoms with Crippen LogP contribution in [0.25, 0.3) is 0 Å². The van der Waals surface area contributed by atoms with Gasteiger partial charge in [0.15, 0.2) is 0 Å². The Bertz CT molecular complexity index is 535. The molecule has 1 aromatic rings. The summed E-state index contributed by atoms with van der Waals surface area (Å²) in [5, 5.41) is 0. The summed E-state index contributed by atoms with van der Waals surface area (Å²) in [6.07, 6.45) is -0.447. The molecule has 0 N–H and O–H groups in total. The predicted molar refractivity (Wildman–Crippen MR) is 86.2 cm³/mol. The van der Waals surface area contributed by atoms with Gasteiger partial charge in [-0.25, -0.2) is 9.59 Å². The Morgan fingerprint density at radius 1 is 0.864 bits per heavy atom. The molecule has 0 atom stereocenters. The minimum atomic E-state index is -0.554. The Morgan fingerprint density at radius 3 is 1.73 bits per heavy atom. The van der Waals surface area contributed by atoms with E-state index < -0.39 is 17.3 Å². The van der Waals surface area contributed by atoms with E-state index in [1.807, 2.05) is 41.5 Å². The zero-order valence-corrected chi connectivity index (χ0v) is 14.4. The third-order valence-electron chi connectivity index (χ3n) is 2.56. The van der Waals surface area contributed by atoms with Crippen molar-refractivity contribution in [2.45, 2.75) is 52.7 Å². The first-order chi connectivity index (χ1) is 9.89. The summed E-state index contributed by atoms with van der Waals surface area (Å²) in [7, 11) is 1.62. The van der Waals surface area contributed by atoms with Crippen molar-refractivity contribution in [2.24, 2.45) is 0 Å². The molecule has 0 radical (unpaired) electrons. The highest BCUT2D eigenvalue weighted by Gasteiger charge is 2.21.